The Morgan fingerprint density at radius 2 is 1.12 bits per heavy atom. The van der Waals surface area contributed by atoms with Crippen LogP contribution in [0.4, 0.5) is 0 Å². The van der Waals surface area contributed by atoms with Crippen molar-refractivity contribution in [2.24, 2.45) is 11.5 Å². The van der Waals surface area contributed by atoms with Crippen molar-refractivity contribution in [3.63, 3.8) is 0 Å². The van der Waals surface area contributed by atoms with Gasteiger partial charge in [-0.2, -0.15) is 0 Å². The van der Waals surface area contributed by atoms with Crippen LogP contribution in [-0.4, -0.2) is 22.5 Å². The molecule has 0 spiro atoms. The fourth-order valence-electron chi connectivity index (χ4n) is 3.32. The highest BCUT2D eigenvalue weighted by Crippen LogP contribution is 2.20. The first kappa shape index (κ1) is 24.9. The predicted molar refractivity (Wildman–Crippen MR) is 108 cm³/mol. The summed E-state index contributed by atoms with van der Waals surface area (Å²) < 4.78 is 0. The minimum atomic E-state index is -1.31. The van der Waals surface area contributed by atoms with Crippen LogP contribution in [0.25, 0.3) is 0 Å². The van der Waals surface area contributed by atoms with Crippen LogP contribution in [0.3, 0.4) is 0 Å². The summed E-state index contributed by atoms with van der Waals surface area (Å²) in [6.07, 6.45) is 18.2. The predicted octanol–water partition coefficient (Wildman–Crippen LogP) is 4.91. The van der Waals surface area contributed by atoms with Crippen LogP contribution in [0.15, 0.2) is 0 Å². The van der Waals surface area contributed by atoms with E-state index >= 15 is 0 Å². The standard InChI is InChI=1S/C21H42N2O3/c1-2-3-4-5-6-7-8-9-10-11-12-13-14-15-17-21(23,20(25)26)18-16-19(22)24/h2-18,23H2,1H3,(H2,22,24)(H,25,26). The van der Waals surface area contributed by atoms with Gasteiger partial charge in [0.25, 0.3) is 0 Å². The van der Waals surface area contributed by atoms with Gasteiger partial charge in [-0.1, -0.05) is 96.8 Å². The molecule has 0 aromatic rings. The van der Waals surface area contributed by atoms with Gasteiger partial charge in [0.15, 0.2) is 0 Å². The van der Waals surface area contributed by atoms with Crippen LogP contribution in [0.1, 0.15) is 116 Å². The van der Waals surface area contributed by atoms with Crippen molar-refractivity contribution in [3.8, 4) is 0 Å². The minimum Gasteiger partial charge on any atom is -0.480 e. The molecule has 1 atom stereocenters. The molecule has 0 aliphatic carbocycles. The summed E-state index contributed by atoms with van der Waals surface area (Å²) in [5, 5.41) is 9.27. The maximum atomic E-state index is 11.3. The lowest BCUT2D eigenvalue weighted by molar-refractivity contribution is -0.144. The Hall–Kier alpha value is -1.10. The quantitative estimate of drug-likeness (QED) is 0.281. The highest BCUT2D eigenvalue weighted by atomic mass is 16.4. The zero-order valence-corrected chi connectivity index (χ0v) is 16.9. The smallest absolute Gasteiger partial charge is 0.323 e. The van der Waals surface area contributed by atoms with Gasteiger partial charge in [-0.25, -0.2) is 0 Å². The Morgan fingerprint density at radius 1 is 0.731 bits per heavy atom. The first-order valence-corrected chi connectivity index (χ1v) is 10.7. The lowest BCUT2D eigenvalue weighted by Gasteiger charge is -2.24. The van der Waals surface area contributed by atoms with E-state index in [-0.39, 0.29) is 12.8 Å². The monoisotopic (exact) mass is 370 g/mol. The van der Waals surface area contributed by atoms with E-state index in [1.807, 2.05) is 0 Å². The molecule has 0 saturated heterocycles. The molecule has 0 rings (SSSR count). The van der Waals surface area contributed by atoms with Crippen molar-refractivity contribution in [1.29, 1.82) is 0 Å². The van der Waals surface area contributed by atoms with Crippen molar-refractivity contribution in [1.82, 2.24) is 0 Å². The number of hydrogen-bond donors (Lipinski definition) is 3. The van der Waals surface area contributed by atoms with E-state index < -0.39 is 17.4 Å². The van der Waals surface area contributed by atoms with Gasteiger partial charge in [0, 0.05) is 6.42 Å². The van der Waals surface area contributed by atoms with Crippen LogP contribution in [-0.2, 0) is 9.59 Å². The van der Waals surface area contributed by atoms with Crippen LogP contribution in [0.2, 0.25) is 0 Å². The molecule has 5 N–H and O–H groups in total. The molecule has 1 unspecified atom stereocenters. The first-order chi connectivity index (χ1) is 12.4. The Bertz CT molecular complexity index is 374. The molecule has 5 heteroatoms. The molecule has 0 aromatic carbocycles. The van der Waals surface area contributed by atoms with Gasteiger partial charge >= 0.3 is 5.97 Å². The van der Waals surface area contributed by atoms with Crippen molar-refractivity contribution in [2.75, 3.05) is 0 Å². The number of nitrogens with two attached hydrogens (primary N) is 2. The summed E-state index contributed by atoms with van der Waals surface area (Å²) in [6.45, 7) is 2.25. The number of carboxylic acids is 1. The fraction of sp³-hybridized carbons (Fsp3) is 0.905. The molecule has 0 aliphatic rings. The number of aliphatic carboxylic acids is 1. The molecule has 1 amide bonds. The number of carboxylic acid groups (broad SMARTS) is 1. The summed E-state index contributed by atoms with van der Waals surface area (Å²) in [4.78, 5) is 22.2. The molecule has 0 aliphatic heterocycles. The Morgan fingerprint density at radius 3 is 1.46 bits per heavy atom. The SMILES string of the molecule is CCCCCCCCCCCCCCCCC(N)(CCC(N)=O)C(=O)O. The maximum absolute atomic E-state index is 11.3. The lowest BCUT2D eigenvalue weighted by Crippen LogP contribution is -2.48. The van der Waals surface area contributed by atoms with E-state index in [4.69, 9.17) is 11.5 Å². The minimum absolute atomic E-state index is 0.0292. The number of carbonyl (C=O) groups excluding carboxylic acids is 1. The molecular formula is C21H42N2O3. The molecule has 154 valence electrons. The fourth-order valence-corrected chi connectivity index (χ4v) is 3.32. The first-order valence-electron chi connectivity index (χ1n) is 10.7. The Balaban J connectivity index is 3.51. The average Bonchev–Trinajstić information content (AvgIpc) is 2.60. The summed E-state index contributed by atoms with van der Waals surface area (Å²) in [6, 6.07) is 0. The van der Waals surface area contributed by atoms with Crippen molar-refractivity contribution >= 4 is 11.9 Å². The molecule has 0 aromatic heterocycles. The second-order valence-electron chi connectivity index (χ2n) is 7.77. The number of hydrogen-bond acceptors (Lipinski definition) is 3. The molecule has 26 heavy (non-hydrogen) atoms. The summed E-state index contributed by atoms with van der Waals surface area (Å²) >= 11 is 0. The Labute approximate surface area is 160 Å². The van der Waals surface area contributed by atoms with Gasteiger partial charge in [0.1, 0.15) is 5.54 Å². The third-order valence-electron chi connectivity index (χ3n) is 5.22. The number of carbonyl (C=O) groups is 2. The van der Waals surface area contributed by atoms with Crippen LogP contribution < -0.4 is 11.5 Å². The van der Waals surface area contributed by atoms with Crippen LogP contribution in [0.5, 0.6) is 0 Å². The second kappa shape index (κ2) is 16.1. The second-order valence-corrected chi connectivity index (χ2v) is 7.77. The number of primary amides is 1. The van der Waals surface area contributed by atoms with E-state index in [0.29, 0.717) is 6.42 Å². The van der Waals surface area contributed by atoms with E-state index in [9.17, 15) is 14.7 Å². The van der Waals surface area contributed by atoms with Gasteiger partial charge in [-0.15, -0.1) is 0 Å². The summed E-state index contributed by atoms with van der Waals surface area (Å²) in [5.41, 5.74) is 9.71. The Kier molecular flexibility index (Phi) is 15.4. The summed E-state index contributed by atoms with van der Waals surface area (Å²) in [5.74, 6) is -1.53. The van der Waals surface area contributed by atoms with Gasteiger partial charge in [-0.05, 0) is 12.8 Å². The average molecular weight is 371 g/mol. The molecule has 0 heterocycles. The zero-order chi connectivity index (χ0) is 19.7. The van der Waals surface area contributed by atoms with Gasteiger partial charge in [0.2, 0.25) is 5.91 Å². The van der Waals surface area contributed by atoms with Crippen LogP contribution in [0, 0.1) is 0 Å². The number of rotatable bonds is 19. The number of amides is 1. The normalized spacial score (nSPS) is 13.5. The van der Waals surface area contributed by atoms with E-state index in [2.05, 4.69) is 6.92 Å². The largest absolute Gasteiger partial charge is 0.480 e. The highest BCUT2D eigenvalue weighted by Gasteiger charge is 2.33. The molecule has 5 nitrogen and oxygen atoms in total. The van der Waals surface area contributed by atoms with Crippen LogP contribution >= 0.6 is 0 Å². The third kappa shape index (κ3) is 14.1. The van der Waals surface area contributed by atoms with Gasteiger partial charge < -0.3 is 16.6 Å². The zero-order valence-electron chi connectivity index (χ0n) is 16.9. The maximum Gasteiger partial charge on any atom is 0.323 e. The molecule has 0 radical (unpaired) electrons. The highest BCUT2D eigenvalue weighted by molar-refractivity contribution is 5.80. The van der Waals surface area contributed by atoms with E-state index in [0.717, 1.165) is 19.3 Å². The number of unbranched alkanes of at least 4 members (excludes halogenated alkanes) is 13. The molecule has 0 bridgehead atoms. The van der Waals surface area contributed by atoms with Crippen molar-refractivity contribution in [2.45, 2.75) is 122 Å². The topological polar surface area (TPSA) is 106 Å². The molecule has 0 saturated carbocycles. The van der Waals surface area contributed by atoms with Crippen molar-refractivity contribution in [3.05, 3.63) is 0 Å². The molecule has 0 fully saturated rings. The van der Waals surface area contributed by atoms with E-state index in [1.54, 1.807) is 0 Å². The van der Waals surface area contributed by atoms with Crippen molar-refractivity contribution < 1.29 is 14.7 Å². The molecular weight excluding hydrogens is 328 g/mol. The van der Waals surface area contributed by atoms with E-state index in [1.165, 1.54) is 70.6 Å². The van der Waals surface area contributed by atoms with Gasteiger partial charge in [-0.3, -0.25) is 9.59 Å². The third-order valence-corrected chi connectivity index (χ3v) is 5.22. The van der Waals surface area contributed by atoms with Gasteiger partial charge in [0.05, 0.1) is 0 Å². The lowest BCUT2D eigenvalue weighted by atomic mass is 9.88. The summed E-state index contributed by atoms with van der Waals surface area (Å²) in [7, 11) is 0.